The summed E-state index contributed by atoms with van der Waals surface area (Å²) in [7, 11) is 0. The SMILES string of the molecule is NCc1ccccc1NC(=O)C1CCCC(C(F)(F)F)C1. The number of carbonyl (C=O) groups is 1. The van der Waals surface area contributed by atoms with Gasteiger partial charge in [-0.05, 0) is 30.9 Å². The lowest BCUT2D eigenvalue weighted by atomic mass is 9.80. The standard InChI is InChI=1S/C15H19F3N2O/c16-15(17,18)12-6-3-5-10(8-12)14(21)20-13-7-2-1-4-11(13)9-19/h1-2,4,7,10,12H,3,5-6,8-9,19H2,(H,20,21). The van der Waals surface area contributed by atoms with Gasteiger partial charge in [-0.25, -0.2) is 0 Å². The quantitative estimate of drug-likeness (QED) is 0.898. The van der Waals surface area contributed by atoms with Gasteiger partial charge in [0.1, 0.15) is 0 Å². The average Bonchev–Trinajstić information content (AvgIpc) is 2.47. The number of hydrogen-bond acceptors (Lipinski definition) is 2. The second-order valence-corrected chi connectivity index (χ2v) is 5.45. The highest BCUT2D eigenvalue weighted by Gasteiger charge is 2.43. The molecule has 21 heavy (non-hydrogen) atoms. The van der Waals surface area contributed by atoms with E-state index in [0.717, 1.165) is 5.56 Å². The fourth-order valence-electron chi connectivity index (χ4n) is 2.78. The van der Waals surface area contributed by atoms with Gasteiger partial charge in [0, 0.05) is 18.2 Å². The molecule has 0 bridgehead atoms. The highest BCUT2D eigenvalue weighted by Crippen LogP contribution is 2.40. The maximum atomic E-state index is 12.8. The van der Waals surface area contributed by atoms with Crippen LogP contribution in [-0.4, -0.2) is 12.1 Å². The smallest absolute Gasteiger partial charge is 0.326 e. The van der Waals surface area contributed by atoms with E-state index in [0.29, 0.717) is 18.5 Å². The third-order valence-corrected chi connectivity index (χ3v) is 4.00. The minimum Gasteiger partial charge on any atom is -0.326 e. The normalized spacial score (nSPS) is 22.9. The van der Waals surface area contributed by atoms with Gasteiger partial charge in [0.25, 0.3) is 0 Å². The summed E-state index contributed by atoms with van der Waals surface area (Å²) in [5.41, 5.74) is 6.94. The van der Waals surface area contributed by atoms with Gasteiger partial charge in [0.05, 0.1) is 5.92 Å². The lowest BCUT2D eigenvalue weighted by Gasteiger charge is -2.29. The van der Waals surface area contributed by atoms with E-state index in [1.807, 2.05) is 0 Å². The Morgan fingerprint density at radius 1 is 1.29 bits per heavy atom. The molecule has 2 unspecified atom stereocenters. The van der Waals surface area contributed by atoms with Crippen LogP contribution in [0.2, 0.25) is 0 Å². The fraction of sp³-hybridized carbons (Fsp3) is 0.533. The Hall–Kier alpha value is -1.56. The lowest BCUT2D eigenvalue weighted by molar-refractivity contribution is -0.185. The maximum absolute atomic E-state index is 12.8. The van der Waals surface area contributed by atoms with E-state index in [1.165, 1.54) is 0 Å². The molecule has 6 heteroatoms. The molecule has 0 aliphatic heterocycles. The summed E-state index contributed by atoms with van der Waals surface area (Å²) in [6.45, 7) is 0.270. The molecule has 3 N–H and O–H groups in total. The minimum atomic E-state index is -4.21. The summed E-state index contributed by atoms with van der Waals surface area (Å²) in [5.74, 6) is -2.30. The van der Waals surface area contributed by atoms with Crippen molar-refractivity contribution < 1.29 is 18.0 Å². The van der Waals surface area contributed by atoms with E-state index in [2.05, 4.69) is 5.32 Å². The van der Waals surface area contributed by atoms with Crippen molar-refractivity contribution in [3.63, 3.8) is 0 Å². The van der Waals surface area contributed by atoms with Crippen LogP contribution in [0.5, 0.6) is 0 Å². The molecule has 0 aromatic heterocycles. The van der Waals surface area contributed by atoms with Gasteiger partial charge >= 0.3 is 6.18 Å². The van der Waals surface area contributed by atoms with Gasteiger partial charge in [-0.3, -0.25) is 4.79 Å². The first-order valence-corrected chi connectivity index (χ1v) is 7.07. The summed E-state index contributed by atoms with van der Waals surface area (Å²) in [4.78, 5) is 12.2. The number of rotatable bonds is 3. The molecule has 0 saturated heterocycles. The Bertz CT molecular complexity index is 502. The number of hydrogen-bond donors (Lipinski definition) is 2. The molecule has 1 amide bonds. The molecule has 116 valence electrons. The number of amides is 1. The number of carbonyl (C=O) groups excluding carboxylic acids is 1. The summed E-state index contributed by atoms with van der Waals surface area (Å²) in [6, 6.07) is 7.06. The van der Waals surface area contributed by atoms with Crippen LogP contribution in [-0.2, 0) is 11.3 Å². The average molecular weight is 300 g/mol. The van der Waals surface area contributed by atoms with Crippen LogP contribution in [0.4, 0.5) is 18.9 Å². The number of halogens is 3. The topological polar surface area (TPSA) is 55.1 Å². The summed E-state index contributed by atoms with van der Waals surface area (Å²) in [6.07, 6.45) is -3.29. The van der Waals surface area contributed by atoms with E-state index in [1.54, 1.807) is 24.3 Å². The molecule has 1 aliphatic carbocycles. The molecule has 1 saturated carbocycles. The molecule has 3 nitrogen and oxygen atoms in total. The van der Waals surface area contributed by atoms with Crippen LogP contribution in [0, 0.1) is 11.8 Å². The molecule has 1 aliphatic rings. The van der Waals surface area contributed by atoms with E-state index >= 15 is 0 Å². The number of anilines is 1. The molecule has 0 heterocycles. The number of alkyl halides is 3. The molecule has 2 rings (SSSR count). The number of nitrogens with one attached hydrogen (secondary N) is 1. The molecule has 1 aromatic carbocycles. The Morgan fingerprint density at radius 3 is 2.67 bits per heavy atom. The van der Waals surface area contributed by atoms with E-state index < -0.39 is 18.0 Å². The van der Waals surface area contributed by atoms with Gasteiger partial charge < -0.3 is 11.1 Å². The number of nitrogens with two attached hydrogens (primary N) is 1. The zero-order chi connectivity index (χ0) is 15.5. The van der Waals surface area contributed by atoms with Crippen molar-refractivity contribution in [3.05, 3.63) is 29.8 Å². The van der Waals surface area contributed by atoms with Crippen molar-refractivity contribution in [2.24, 2.45) is 17.6 Å². The van der Waals surface area contributed by atoms with Crippen molar-refractivity contribution in [2.45, 2.75) is 38.4 Å². The van der Waals surface area contributed by atoms with E-state index in [-0.39, 0.29) is 25.3 Å². The van der Waals surface area contributed by atoms with E-state index in [9.17, 15) is 18.0 Å². The molecule has 2 atom stereocenters. The summed E-state index contributed by atoms with van der Waals surface area (Å²) < 4.78 is 38.3. The highest BCUT2D eigenvalue weighted by molar-refractivity contribution is 5.93. The minimum absolute atomic E-state index is 0.118. The first-order valence-electron chi connectivity index (χ1n) is 7.07. The van der Waals surface area contributed by atoms with Crippen LogP contribution in [0.3, 0.4) is 0 Å². The molecular formula is C15H19F3N2O. The van der Waals surface area contributed by atoms with Crippen LogP contribution in [0.25, 0.3) is 0 Å². The molecule has 1 fully saturated rings. The predicted octanol–water partition coefficient (Wildman–Crippen LogP) is 3.45. The van der Waals surface area contributed by atoms with Crippen LogP contribution in [0.15, 0.2) is 24.3 Å². The largest absolute Gasteiger partial charge is 0.391 e. The summed E-state index contributed by atoms with van der Waals surface area (Å²) >= 11 is 0. The van der Waals surface area contributed by atoms with Gasteiger partial charge in [-0.2, -0.15) is 13.2 Å². The Labute approximate surface area is 121 Å². The number of para-hydroxylation sites is 1. The van der Waals surface area contributed by atoms with Gasteiger partial charge in [0.15, 0.2) is 0 Å². The van der Waals surface area contributed by atoms with Crippen molar-refractivity contribution in [2.75, 3.05) is 5.32 Å². The lowest BCUT2D eigenvalue weighted by Crippen LogP contribution is -2.34. The van der Waals surface area contributed by atoms with Crippen molar-refractivity contribution >= 4 is 11.6 Å². The van der Waals surface area contributed by atoms with Gasteiger partial charge in [-0.15, -0.1) is 0 Å². The zero-order valence-corrected chi connectivity index (χ0v) is 11.6. The summed E-state index contributed by atoms with van der Waals surface area (Å²) in [5, 5.41) is 2.72. The second kappa shape index (κ2) is 6.47. The van der Waals surface area contributed by atoms with Crippen LogP contribution in [0.1, 0.15) is 31.2 Å². The molecule has 0 spiro atoms. The van der Waals surface area contributed by atoms with Gasteiger partial charge in [0.2, 0.25) is 5.91 Å². The van der Waals surface area contributed by atoms with Crippen LogP contribution >= 0.6 is 0 Å². The zero-order valence-electron chi connectivity index (χ0n) is 11.6. The van der Waals surface area contributed by atoms with E-state index in [4.69, 9.17) is 5.73 Å². The molecule has 1 aromatic rings. The number of benzene rings is 1. The maximum Gasteiger partial charge on any atom is 0.391 e. The molecular weight excluding hydrogens is 281 g/mol. The van der Waals surface area contributed by atoms with Crippen molar-refractivity contribution in [1.82, 2.24) is 0 Å². The van der Waals surface area contributed by atoms with Crippen molar-refractivity contribution in [1.29, 1.82) is 0 Å². The second-order valence-electron chi connectivity index (χ2n) is 5.45. The Balaban J connectivity index is 2.03. The Kier molecular flexibility index (Phi) is 4.88. The molecule has 0 radical (unpaired) electrons. The first kappa shape index (κ1) is 15.8. The van der Waals surface area contributed by atoms with Crippen molar-refractivity contribution in [3.8, 4) is 0 Å². The van der Waals surface area contributed by atoms with Crippen LogP contribution < -0.4 is 11.1 Å². The third-order valence-electron chi connectivity index (χ3n) is 4.00. The first-order chi connectivity index (χ1) is 9.91. The predicted molar refractivity (Wildman–Crippen MR) is 74.5 cm³/mol. The highest BCUT2D eigenvalue weighted by atomic mass is 19.4. The third kappa shape index (κ3) is 3.97. The monoisotopic (exact) mass is 300 g/mol. The van der Waals surface area contributed by atoms with Gasteiger partial charge in [-0.1, -0.05) is 24.6 Å². The fourth-order valence-corrected chi connectivity index (χ4v) is 2.78. The Morgan fingerprint density at radius 2 is 2.00 bits per heavy atom.